The van der Waals surface area contributed by atoms with Gasteiger partial charge in [-0.15, -0.1) is 0 Å². The van der Waals surface area contributed by atoms with Crippen LogP contribution >= 0.6 is 0 Å². The van der Waals surface area contributed by atoms with Gasteiger partial charge in [0.1, 0.15) is 6.10 Å². The predicted octanol–water partition coefficient (Wildman–Crippen LogP) is 9.99. The van der Waals surface area contributed by atoms with Crippen LogP contribution in [0.1, 0.15) is 200 Å². The quantitative estimate of drug-likeness (QED) is 0.0302. The molecule has 7 nitrogen and oxygen atoms in total. The predicted molar refractivity (Wildman–Crippen MR) is 195 cm³/mol. The number of nitrogens with one attached hydrogen (secondary N) is 1. The second-order valence-corrected chi connectivity index (χ2v) is 15.2. The first-order chi connectivity index (χ1) is 22.2. The van der Waals surface area contributed by atoms with Crippen LogP contribution in [0.5, 0.6) is 0 Å². The summed E-state index contributed by atoms with van der Waals surface area (Å²) in [7, 11) is -4.40. The number of carbonyl (C=O) groups is 1. The number of aliphatic hydroxyl groups is 2. The van der Waals surface area contributed by atoms with E-state index < -0.39 is 40.0 Å². The van der Waals surface area contributed by atoms with Crippen molar-refractivity contribution in [3.63, 3.8) is 0 Å². The summed E-state index contributed by atoms with van der Waals surface area (Å²) in [4.78, 5) is 12.6. The lowest BCUT2D eigenvalue weighted by molar-refractivity contribution is -0.131. The maximum absolute atomic E-state index is 12.6. The molecule has 0 aliphatic heterocycles. The van der Waals surface area contributed by atoms with E-state index in [0.717, 1.165) is 51.4 Å². The third kappa shape index (κ3) is 31.6. The molecule has 0 spiro atoms. The minimum atomic E-state index is -4.40. The van der Waals surface area contributed by atoms with Gasteiger partial charge in [0.15, 0.2) is 0 Å². The number of unbranched alkanes of at least 4 members (excludes halogenated alkanes) is 24. The molecule has 46 heavy (non-hydrogen) atoms. The van der Waals surface area contributed by atoms with E-state index >= 15 is 0 Å². The molecule has 1 amide bonds. The third-order valence-electron chi connectivity index (χ3n) is 9.08. The summed E-state index contributed by atoms with van der Waals surface area (Å²) in [6.07, 6.45) is 35.1. The molecule has 0 bridgehead atoms. The smallest absolute Gasteiger partial charge is 0.266 e. The van der Waals surface area contributed by atoms with Crippen molar-refractivity contribution in [2.45, 2.75) is 218 Å². The molecule has 0 heterocycles. The summed E-state index contributed by atoms with van der Waals surface area (Å²) in [5.41, 5.74) is 0. The Labute approximate surface area is 284 Å². The van der Waals surface area contributed by atoms with Crippen LogP contribution in [-0.2, 0) is 14.9 Å². The lowest BCUT2D eigenvalue weighted by Gasteiger charge is -2.24. The van der Waals surface area contributed by atoms with Gasteiger partial charge in [-0.1, -0.05) is 174 Å². The molecule has 0 aromatic rings. The average Bonchev–Trinajstić information content (AvgIpc) is 3.01. The molecular weight excluding hydrogens is 598 g/mol. The summed E-state index contributed by atoms with van der Waals surface area (Å²) in [6, 6.07) is -1.15. The standard InChI is InChI=1S/C38H75NO6S/c1-3-5-7-9-11-13-15-17-18-19-20-21-23-25-27-29-31-33-37(41)38(42)39-35(34-46(43,44)45)36(40)32-30-28-26-24-22-16-14-12-10-8-6-4-2/h20-21,35-37,40-41H,3-19,22-34H2,1-2H3,(H,39,42)(H,43,44,45)/b21-20-. The fraction of sp³-hybridized carbons (Fsp3) is 0.921. The zero-order valence-electron chi connectivity index (χ0n) is 30.1. The maximum Gasteiger partial charge on any atom is 0.266 e. The lowest BCUT2D eigenvalue weighted by Crippen LogP contribution is -2.50. The van der Waals surface area contributed by atoms with Crippen LogP contribution in [0.25, 0.3) is 0 Å². The molecule has 3 unspecified atom stereocenters. The number of rotatable bonds is 35. The Morgan fingerprint density at radius 1 is 0.565 bits per heavy atom. The fourth-order valence-electron chi connectivity index (χ4n) is 6.04. The minimum absolute atomic E-state index is 0.285. The highest BCUT2D eigenvalue weighted by molar-refractivity contribution is 7.85. The first-order valence-corrected chi connectivity index (χ1v) is 21.1. The molecule has 0 aliphatic carbocycles. The number of aliphatic hydroxyl groups excluding tert-OH is 2. The van der Waals surface area contributed by atoms with Gasteiger partial charge < -0.3 is 15.5 Å². The summed E-state index contributed by atoms with van der Waals surface area (Å²) in [6.45, 7) is 4.49. The Balaban J connectivity index is 4.01. The van der Waals surface area contributed by atoms with Crippen LogP contribution in [0.4, 0.5) is 0 Å². The number of hydrogen-bond acceptors (Lipinski definition) is 5. The Hall–Kier alpha value is -0.960. The van der Waals surface area contributed by atoms with Crippen LogP contribution in [-0.4, -0.2) is 53.1 Å². The normalized spacial score (nSPS) is 14.1. The Morgan fingerprint density at radius 3 is 1.30 bits per heavy atom. The molecule has 274 valence electrons. The van der Waals surface area contributed by atoms with Crippen molar-refractivity contribution >= 4 is 16.0 Å². The van der Waals surface area contributed by atoms with Gasteiger partial charge in [-0.05, 0) is 38.5 Å². The zero-order valence-corrected chi connectivity index (χ0v) is 30.9. The van der Waals surface area contributed by atoms with Gasteiger partial charge in [-0.2, -0.15) is 8.42 Å². The van der Waals surface area contributed by atoms with Crippen LogP contribution in [0, 0.1) is 0 Å². The van der Waals surface area contributed by atoms with Crippen molar-refractivity contribution in [3.8, 4) is 0 Å². The summed E-state index contributed by atoms with van der Waals surface area (Å²) in [5, 5.41) is 23.4. The molecule has 3 atom stereocenters. The Morgan fingerprint density at radius 2 is 0.913 bits per heavy atom. The molecule has 0 aromatic carbocycles. The molecule has 4 N–H and O–H groups in total. The summed E-state index contributed by atoms with van der Waals surface area (Å²) >= 11 is 0. The molecule has 8 heteroatoms. The van der Waals surface area contributed by atoms with Crippen molar-refractivity contribution in [1.29, 1.82) is 0 Å². The maximum atomic E-state index is 12.6. The molecule has 0 saturated heterocycles. The van der Waals surface area contributed by atoms with E-state index in [1.807, 2.05) is 0 Å². The van der Waals surface area contributed by atoms with Crippen molar-refractivity contribution in [2.24, 2.45) is 0 Å². The van der Waals surface area contributed by atoms with Crippen LogP contribution in [0.3, 0.4) is 0 Å². The molecular formula is C38H75NO6S. The van der Waals surface area contributed by atoms with Crippen molar-refractivity contribution in [1.82, 2.24) is 5.32 Å². The number of hydrogen-bond donors (Lipinski definition) is 4. The highest BCUT2D eigenvalue weighted by Crippen LogP contribution is 2.15. The summed E-state index contributed by atoms with van der Waals surface area (Å²) < 4.78 is 32.5. The molecule has 0 fully saturated rings. The lowest BCUT2D eigenvalue weighted by atomic mass is 10.0. The van der Waals surface area contributed by atoms with Crippen molar-refractivity contribution in [3.05, 3.63) is 12.2 Å². The average molecular weight is 674 g/mol. The van der Waals surface area contributed by atoms with E-state index in [0.29, 0.717) is 19.3 Å². The second kappa shape index (κ2) is 32.6. The molecule has 0 saturated carbocycles. The summed E-state index contributed by atoms with van der Waals surface area (Å²) in [5.74, 6) is -1.46. The van der Waals surface area contributed by atoms with Crippen LogP contribution in [0.2, 0.25) is 0 Å². The van der Waals surface area contributed by atoms with Crippen molar-refractivity contribution < 1.29 is 28.0 Å². The van der Waals surface area contributed by atoms with Crippen molar-refractivity contribution in [2.75, 3.05) is 5.75 Å². The van der Waals surface area contributed by atoms with Gasteiger partial charge in [0.2, 0.25) is 5.91 Å². The third-order valence-corrected chi connectivity index (χ3v) is 9.86. The van der Waals surface area contributed by atoms with Gasteiger partial charge in [0.05, 0.1) is 17.9 Å². The SMILES string of the molecule is CCCCCCCCCCC/C=C\CCCCCCC(O)C(=O)NC(CS(=O)(=O)O)C(O)CCCCCCCCCCCCCC. The van der Waals surface area contributed by atoms with Gasteiger partial charge in [-0.3, -0.25) is 9.35 Å². The van der Waals surface area contributed by atoms with E-state index in [2.05, 4.69) is 31.3 Å². The van der Waals surface area contributed by atoms with E-state index in [4.69, 9.17) is 0 Å². The largest absolute Gasteiger partial charge is 0.391 e. The van der Waals surface area contributed by atoms with E-state index in [-0.39, 0.29) is 6.42 Å². The molecule has 0 rings (SSSR count). The van der Waals surface area contributed by atoms with Gasteiger partial charge in [-0.25, -0.2) is 0 Å². The topological polar surface area (TPSA) is 124 Å². The number of allylic oxidation sites excluding steroid dienone is 2. The van der Waals surface area contributed by atoms with E-state index in [1.54, 1.807) is 0 Å². The molecule has 0 radical (unpaired) electrons. The Kier molecular flexibility index (Phi) is 31.9. The number of amides is 1. The highest BCUT2D eigenvalue weighted by atomic mass is 32.2. The highest BCUT2D eigenvalue weighted by Gasteiger charge is 2.28. The van der Waals surface area contributed by atoms with Gasteiger partial charge in [0, 0.05) is 0 Å². The first-order valence-electron chi connectivity index (χ1n) is 19.5. The van der Waals surface area contributed by atoms with Gasteiger partial charge in [0.25, 0.3) is 10.1 Å². The monoisotopic (exact) mass is 674 g/mol. The van der Waals surface area contributed by atoms with Crippen LogP contribution in [0.15, 0.2) is 12.2 Å². The molecule has 0 aromatic heterocycles. The molecule has 0 aliphatic rings. The van der Waals surface area contributed by atoms with Gasteiger partial charge >= 0.3 is 0 Å². The van der Waals surface area contributed by atoms with Crippen LogP contribution < -0.4 is 5.32 Å². The minimum Gasteiger partial charge on any atom is -0.391 e. The fourth-order valence-corrected chi connectivity index (χ4v) is 6.80. The first kappa shape index (κ1) is 45.0. The van der Waals surface area contributed by atoms with E-state index in [1.165, 1.54) is 109 Å². The zero-order chi connectivity index (χ0) is 34.1. The van der Waals surface area contributed by atoms with E-state index in [9.17, 15) is 28.0 Å². The Bertz CT molecular complexity index is 803. The number of carbonyl (C=O) groups excluding carboxylic acids is 1. The second-order valence-electron chi connectivity index (χ2n) is 13.7.